The van der Waals surface area contributed by atoms with E-state index in [4.69, 9.17) is 15.3 Å². The standard InChI is InChI=1S/C6H3O13P.Li.H/c7-1(8)4(13)17-20(16,18-5(14)2(9)10)19-6(15)3(11)12;;/h(H,7,8)(H,9,10)(H,11,12);;/q;+1;-1. The number of carbonyl (C=O) groups is 6. The topological polar surface area (TPSA) is 208 Å². The Morgan fingerprint density at radius 2 is 0.857 bits per heavy atom. The average molecular weight is 322 g/mol. The Morgan fingerprint density at radius 3 is 1.00 bits per heavy atom. The molecule has 0 unspecified atom stereocenters. The average Bonchev–Trinajstić information content (AvgIpc) is 2.27. The first-order chi connectivity index (χ1) is 8.98. The van der Waals surface area contributed by atoms with Gasteiger partial charge in [0.25, 0.3) is 0 Å². The van der Waals surface area contributed by atoms with Gasteiger partial charge in [0, 0.05) is 0 Å². The smallest absolute Gasteiger partial charge is 1.00 e. The maximum atomic E-state index is 11.4. The molecular formula is C6H4LiO13P. The van der Waals surface area contributed by atoms with Gasteiger partial charge in [-0.05, 0) is 0 Å². The van der Waals surface area contributed by atoms with Gasteiger partial charge in [0.1, 0.15) is 0 Å². The third-order valence-electron chi connectivity index (χ3n) is 1.11. The number of carbonyl (C=O) groups excluding carboxylic acids is 3. The van der Waals surface area contributed by atoms with Crippen LogP contribution in [0.25, 0.3) is 0 Å². The molecule has 0 fully saturated rings. The number of hydrogen-bond donors (Lipinski definition) is 3. The molecule has 0 amide bonds. The van der Waals surface area contributed by atoms with E-state index in [1.165, 1.54) is 0 Å². The summed E-state index contributed by atoms with van der Waals surface area (Å²) in [6, 6.07) is 0. The van der Waals surface area contributed by atoms with E-state index < -0.39 is 43.6 Å². The van der Waals surface area contributed by atoms with Crippen LogP contribution >= 0.6 is 7.82 Å². The van der Waals surface area contributed by atoms with Crippen molar-refractivity contribution in [3.63, 3.8) is 0 Å². The molecule has 0 aromatic rings. The Bertz CT molecular complexity index is 479. The number of carboxylic acid groups (broad SMARTS) is 3. The van der Waals surface area contributed by atoms with Crippen LogP contribution in [0.1, 0.15) is 1.43 Å². The summed E-state index contributed by atoms with van der Waals surface area (Å²) in [6.45, 7) is 0. The maximum absolute atomic E-state index is 11.4. The van der Waals surface area contributed by atoms with E-state index >= 15 is 0 Å². The Labute approximate surface area is 127 Å². The number of carboxylic acids is 3. The molecule has 0 radical (unpaired) electrons. The van der Waals surface area contributed by atoms with Crippen molar-refractivity contribution >= 4 is 43.6 Å². The zero-order valence-corrected chi connectivity index (χ0v) is 10.8. The quantitative estimate of drug-likeness (QED) is 0.253. The summed E-state index contributed by atoms with van der Waals surface area (Å²) in [6.07, 6.45) is 0. The molecule has 0 atom stereocenters. The molecule has 112 valence electrons. The van der Waals surface area contributed by atoms with Crippen molar-refractivity contribution in [2.24, 2.45) is 0 Å². The van der Waals surface area contributed by atoms with Crippen LogP contribution in [0.4, 0.5) is 0 Å². The molecule has 0 saturated carbocycles. The molecule has 0 aliphatic carbocycles. The van der Waals surface area contributed by atoms with E-state index in [1.54, 1.807) is 0 Å². The van der Waals surface area contributed by atoms with Crippen LogP contribution in [0.15, 0.2) is 0 Å². The predicted molar refractivity (Wildman–Crippen MR) is 49.9 cm³/mol. The summed E-state index contributed by atoms with van der Waals surface area (Å²) in [5.74, 6) is -14.2. The molecule has 3 N–H and O–H groups in total. The zero-order chi connectivity index (χ0) is 16.1. The van der Waals surface area contributed by atoms with E-state index in [0.29, 0.717) is 0 Å². The summed E-state index contributed by atoms with van der Waals surface area (Å²) < 4.78 is 21.8. The van der Waals surface area contributed by atoms with Gasteiger partial charge in [-0.2, -0.15) is 4.57 Å². The van der Waals surface area contributed by atoms with Crippen molar-refractivity contribution in [1.29, 1.82) is 0 Å². The summed E-state index contributed by atoms with van der Waals surface area (Å²) in [7, 11) is -5.74. The molecule has 0 aliphatic heterocycles. The maximum Gasteiger partial charge on any atom is 1.00 e. The van der Waals surface area contributed by atoms with Gasteiger partial charge in [0.05, 0.1) is 0 Å². The Hall–Kier alpha value is -2.35. The molecule has 0 spiro atoms. The first-order valence-corrected chi connectivity index (χ1v) is 5.45. The van der Waals surface area contributed by atoms with Crippen LogP contribution in [-0.4, -0.2) is 51.1 Å². The van der Waals surface area contributed by atoms with Crippen LogP contribution in [-0.2, 0) is 46.9 Å². The minimum Gasteiger partial charge on any atom is -1.00 e. The monoisotopic (exact) mass is 322 g/mol. The fraction of sp³-hybridized carbons (Fsp3) is 0. The summed E-state index contributed by atoms with van der Waals surface area (Å²) >= 11 is 0. The van der Waals surface area contributed by atoms with Gasteiger partial charge in [-0.1, -0.05) is 0 Å². The van der Waals surface area contributed by atoms with Crippen molar-refractivity contribution < 1.29 is 82.5 Å². The van der Waals surface area contributed by atoms with Gasteiger partial charge >= 0.3 is 62.5 Å². The minimum atomic E-state index is -5.74. The van der Waals surface area contributed by atoms with Crippen LogP contribution < -0.4 is 18.9 Å². The number of phosphoric acid groups is 1. The van der Waals surface area contributed by atoms with Crippen LogP contribution in [0.2, 0.25) is 0 Å². The van der Waals surface area contributed by atoms with Gasteiger partial charge in [0.15, 0.2) is 0 Å². The Balaban J connectivity index is -0.00000180. The van der Waals surface area contributed by atoms with Gasteiger partial charge in [0.2, 0.25) is 0 Å². The molecule has 15 heteroatoms. The zero-order valence-electron chi connectivity index (χ0n) is 10.9. The van der Waals surface area contributed by atoms with E-state index in [-0.39, 0.29) is 20.3 Å². The second-order valence-corrected chi connectivity index (χ2v) is 3.94. The molecule has 0 saturated heterocycles. The van der Waals surface area contributed by atoms with Crippen molar-refractivity contribution in [1.82, 2.24) is 0 Å². The summed E-state index contributed by atoms with van der Waals surface area (Å²) in [4.78, 5) is 62.1. The Kier molecular flexibility index (Phi) is 8.03. The molecule has 13 nitrogen and oxygen atoms in total. The number of rotatable bonds is 3. The second kappa shape index (κ2) is 8.05. The minimum absolute atomic E-state index is 0. The van der Waals surface area contributed by atoms with Crippen molar-refractivity contribution in [3.05, 3.63) is 0 Å². The van der Waals surface area contributed by atoms with E-state index in [9.17, 15) is 33.3 Å². The molecule has 0 aromatic heterocycles. The van der Waals surface area contributed by atoms with E-state index in [0.717, 1.165) is 0 Å². The SMILES string of the molecule is O=C(O)C(=O)OP(=O)(OC(=O)C(=O)O)OC(=O)C(=O)O.[H-].[Li+]. The molecule has 21 heavy (non-hydrogen) atoms. The second-order valence-electron chi connectivity index (χ2n) is 2.50. The first-order valence-electron chi connectivity index (χ1n) is 3.99. The van der Waals surface area contributed by atoms with Crippen molar-refractivity contribution in [2.75, 3.05) is 0 Å². The number of aliphatic carboxylic acids is 3. The van der Waals surface area contributed by atoms with E-state index in [2.05, 4.69) is 13.6 Å². The van der Waals surface area contributed by atoms with Gasteiger partial charge in [-0.3, -0.25) is 0 Å². The molecule has 0 aliphatic rings. The van der Waals surface area contributed by atoms with Gasteiger partial charge in [-0.15, -0.1) is 0 Å². The van der Waals surface area contributed by atoms with Crippen LogP contribution in [0, 0.1) is 0 Å². The Morgan fingerprint density at radius 1 is 0.667 bits per heavy atom. The summed E-state index contributed by atoms with van der Waals surface area (Å²) in [5.41, 5.74) is 0. The predicted octanol–water partition coefficient (Wildman–Crippen LogP) is -4.91. The molecule has 0 bridgehead atoms. The number of phosphoric ester groups is 1. The fourth-order valence-electron chi connectivity index (χ4n) is 0.478. The number of hydrogen-bond acceptors (Lipinski definition) is 10. The molecule has 0 heterocycles. The largest absolute Gasteiger partial charge is 1.00 e. The van der Waals surface area contributed by atoms with Crippen LogP contribution in [0.3, 0.4) is 0 Å². The van der Waals surface area contributed by atoms with Crippen LogP contribution in [0.5, 0.6) is 0 Å². The molecular weight excluding hydrogens is 318 g/mol. The van der Waals surface area contributed by atoms with Gasteiger partial charge in [-0.25, -0.2) is 28.8 Å². The third-order valence-corrected chi connectivity index (χ3v) is 2.28. The van der Waals surface area contributed by atoms with Crippen molar-refractivity contribution in [3.8, 4) is 0 Å². The summed E-state index contributed by atoms with van der Waals surface area (Å²) in [5, 5.41) is 24.4. The normalized spacial score (nSPS) is 9.52. The molecule has 0 aromatic carbocycles. The van der Waals surface area contributed by atoms with Crippen molar-refractivity contribution in [2.45, 2.75) is 0 Å². The molecule has 0 rings (SSSR count). The fourth-order valence-corrected chi connectivity index (χ4v) is 1.43. The third kappa shape index (κ3) is 7.11. The van der Waals surface area contributed by atoms with E-state index in [1.807, 2.05) is 0 Å². The first kappa shape index (κ1) is 21.0. The van der Waals surface area contributed by atoms with Gasteiger partial charge < -0.3 is 30.3 Å².